The Morgan fingerprint density at radius 2 is 1.64 bits per heavy atom. The molecule has 6 heteroatoms. The van der Waals surface area contributed by atoms with Gasteiger partial charge in [0.15, 0.2) is 11.5 Å². The number of carbonyl (C=O) groups is 2. The SMILES string of the molecule is COc1cc2c(cc1OC)C(CC(=O)O)N(C(=O)C1CCCCCCC1)CC2. The summed E-state index contributed by atoms with van der Waals surface area (Å²) in [6.45, 7) is 0.551. The Hall–Kier alpha value is -2.24. The van der Waals surface area contributed by atoms with Gasteiger partial charge in [-0.25, -0.2) is 0 Å². The van der Waals surface area contributed by atoms with Crippen molar-refractivity contribution < 1.29 is 24.2 Å². The van der Waals surface area contributed by atoms with Crippen LogP contribution in [0.5, 0.6) is 11.5 Å². The minimum atomic E-state index is -0.900. The van der Waals surface area contributed by atoms with Gasteiger partial charge in [0.1, 0.15) is 0 Å². The highest BCUT2D eigenvalue weighted by atomic mass is 16.5. The minimum absolute atomic E-state index is 0.0123. The molecule has 1 amide bonds. The van der Waals surface area contributed by atoms with Gasteiger partial charge >= 0.3 is 5.97 Å². The zero-order valence-electron chi connectivity index (χ0n) is 16.9. The fourth-order valence-electron chi connectivity index (χ4n) is 4.62. The second-order valence-corrected chi connectivity index (χ2v) is 7.84. The van der Waals surface area contributed by atoms with Gasteiger partial charge in [-0.05, 0) is 42.5 Å². The first-order valence-electron chi connectivity index (χ1n) is 10.3. The van der Waals surface area contributed by atoms with Crippen LogP contribution in [-0.2, 0) is 16.0 Å². The molecular weight excluding hydrogens is 358 g/mol. The maximum Gasteiger partial charge on any atom is 0.305 e. The summed E-state index contributed by atoms with van der Waals surface area (Å²) >= 11 is 0. The summed E-state index contributed by atoms with van der Waals surface area (Å²) in [6, 6.07) is 3.30. The van der Waals surface area contributed by atoms with Crippen LogP contribution in [-0.4, -0.2) is 42.6 Å². The van der Waals surface area contributed by atoms with Crippen molar-refractivity contribution in [3.05, 3.63) is 23.3 Å². The van der Waals surface area contributed by atoms with Gasteiger partial charge in [-0.15, -0.1) is 0 Å². The van der Waals surface area contributed by atoms with Crippen molar-refractivity contribution in [2.24, 2.45) is 5.92 Å². The van der Waals surface area contributed by atoms with Gasteiger partial charge in [0, 0.05) is 12.5 Å². The molecule has 0 bridgehead atoms. The van der Waals surface area contributed by atoms with E-state index in [4.69, 9.17) is 9.47 Å². The van der Waals surface area contributed by atoms with Gasteiger partial charge in [0.05, 0.1) is 26.7 Å². The van der Waals surface area contributed by atoms with Crippen molar-refractivity contribution in [2.75, 3.05) is 20.8 Å². The molecule has 1 fully saturated rings. The zero-order valence-corrected chi connectivity index (χ0v) is 16.9. The Morgan fingerprint density at radius 1 is 1.04 bits per heavy atom. The van der Waals surface area contributed by atoms with E-state index in [1.54, 1.807) is 14.2 Å². The predicted octanol–water partition coefficient (Wildman–Crippen LogP) is 3.96. The fraction of sp³-hybridized carbons (Fsp3) is 0.636. The molecule has 1 aromatic carbocycles. The number of methoxy groups -OCH3 is 2. The summed E-state index contributed by atoms with van der Waals surface area (Å²) in [5, 5.41) is 9.52. The van der Waals surface area contributed by atoms with Crippen LogP contribution < -0.4 is 9.47 Å². The third kappa shape index (κ3) is 4.42. The molecule has 0 spiro atoms. The van der Waals surface area contributed by atoms with Crippen molar-refractivity contribution in [3.8, 4) is 11.5 Å². The molecule has 1 N–H and O–H groups in total. The normalized spacial score (nSPS) is 20.6. The lowest BCUT2D eigenvalue weighted by atomic mass is 9.86. The van der Waals surface area contributed by atoms with Crippen molar-refractivity contribution in [2.45, 2.75) is 63.8 Å². The highest BCUT2D eigenvalue weighted by molar-refractivity contribution is 5.81. The van der Waals surface area contributed by atoms with Crippen molar-refractivity contribution in [1.82, 2.24) is 4.90 Å². The van der Waals surface area contributed by atoms with E-state index in [0.29, 0.717) is 24.5 Å². The number of ether oxygens (including phenoxy) is 2. The summed E-state index contributed by atoms with van der Waals surface area (Å²) in [7, 11) is 3.16. The molecule has 1 aliphatic carbocycles. The van der Waals surface area contributed by atoms with Crippen LogP contribution in [0.2, 0.25) is 0 Å². The average Bonchev–Trinajstić information content (AvgIpc) is 2.66. The molecule has 154 valence electrons. The van der Waals surface area contributed by atoms with Gasteiger partial charge in [0.25, 0.3) is 0 Å². The lowest BCUT2D eigenvalue weighted by Gasteiger charge is -2.39. The van der Waals surface area contributed by atoms with Gasteiger partial charge < -0.3 is 19.5 Å². The molecule has 0 radical (unpaired) electrons. The molecule has 1 atom stereocenters. The second kappa shape index (κ2) is 9.30. The lowest BCUT2D eigenvalue weighted by Crippen LogP contribution is -2.44. The summed E-state index contributed by atoms with van der Waals surface area (Å²) in [4.78, 5) is 26.8. The number of amides is 1. The Balaban J connectivity index is 1.91. The number of hydrogen-bond donors (Lipinski definition) is 1. The van der Waals surface area contributed by atoms with Crippen LogP contribution in [0, 0.1) is 5.92 Å². The van der Waals surface area contributed by atoms with Gasteiger partial charge in [0.2, 0.25) is 5.91 Å². The second-order valence-electron chi connectivity index (χ2n) is 7.84. The molecule has 2 aliphatic rings. The molecule has 28 heavy (non-hydrogen) atoms. The lowest BCUT2D eigenvalue weighted by molar-refractivity contribution is -0.143. The number of rotatable bonds is 5. The maximum absolute atomic E-state index is 13.4. The molecule has 1 unspecified atom stereocenters. The summed E-state index contributed by atoms with van der Waals surface area (Å²) in [5.41, 5.74) is 1.90. The van der Waals surface area contributed by atoms with E-state index < -0.39 is 12.0 Å². The smallest absolute Gasteiger partial charge is 0.305 e. The fourth-order valence-corrected chi connectivity index (χ4v) is 4.62. The predicted molar refractivity (Wildman–Crippen MR) is 106 cm³/mol. The zero-order chi connectivity index (χ0) is 20.1. The molecular formula is C22H31NO5. The molecule has 0 saturated heterocycles. The number of benzene rings is 1. The largest absolute Gasteiger partial charge is 0.493 e. The third-order valence-corrected chi connectivity index (χ3v) is 6.11. The van der Waals surface area contributed by atoms with Crippen LogP contribution in [0.4, 0.5) is 0 Å². The number of aliphatic carboxylic acids is 1. The Labute approximate surface area is 166 Å². The molecule has 3 rings (SSSR count). The summed E-state index contributed by atoms with van der Waals surface area (Å²) < 4.78 is 10.8. The Morgan fingerprint density at radius 3 is 2.25 bits per heavy atom. The summed E-state index contributed by atoms with van der Waals surface area (Å²) in [5.74, 6) is 0.432. The van der Waals surface area contributed by atoms with Gasteiger partial charge in [-0.1, -0.05) is 32.1 Å². The number of carboxylic acid groups (broad SMARTS) is 1. The van der Waals surface area contributed by atoms with E-state index in [0.717, 1.165) is 36.8 Å². The Kier molecular flexibility index (Phi) is 6.81. The van der Waals surface area contributed by atoms with Crippen LogP contribution in [0.25, 0.3) is 0 Å². The van der Waals surface area contributed by atoms with E-state index in [-0.39, 0.29) is 18.2 Å². The number of carboxylic acids is 1. The van der Waals surface area contributed by atoms with E-state index in [2.05, 4.69) is 0 Å². The van der Waals surface area contributed by atoms with E-state index in [9.17, 15) is 14.7 Å². The van der Waals surface area contributed by atoms with Gasteiger partial charge in [-0.2, -0.15) is 0 Å². The Bertz CT molecular complexity index is 709. The number of fused-ring (bicyclic) bond motifs is 1. The van der Waals surface area contributed by atoms with Crippen molar-refractivity contribution in [3.63, 3.8) is 0 Å². The molecule has 1 aromatic rings. The van der Waals surface area contributed by atoms with Crippen LogP contribution in [0.3, 0.4) is 0 Å². The first-order chi connectivity index (χ1) is 13.5. The first kappa shape index (κ1) is 20.5. The molecule has 1 heterocycles. The number of carbonyl (C=O) groups excluding carboxylic acids is 1. The van der Waals surface area contributed by atoms with E-state index in [1.165, 1.54) is 19.3 Å². The summed E-state index contributed by atoms with van der Waals surface area (Å²) in [6.07, 6.45) is 8.20. The highest BCUT2D eigenvalue weighted by Gasteiger charge is 2.36. The topological polar surface area (TPSA) is 76.1 Å². The van der Waals surface area contributed by atoms with Crippen molar-refractivity contribution in [1.29, 1.82) is 0 Å². The number of hydrogen-bond acceptors (Lipinski definition) is 4. The monoisotopic (exact) mass is 389 g/mol. The van der Waals surface area contributed by atoms with E-state index >= 15 is 0 Å². The molecule has 6 nitrogen and oxygen atoms in total. The standard InChI is InChI=1S/C22H31NO5/c1-27-19-12-16-10-11-23(22(26)15-8-6-4-3-5-7-9-15)18(14-21(24)25)17(16)13-20(19)28-2/h12-13,15,18H,3-11,14H2,1-2H3,(H,24,25). The van der Waals surface area contributed by atoms with Crippen LogP contribution in [0.15, 0.2) is 12.1 Å². The van der Waals surface area contributed by atoms with Crippen molar-refractivity contribution >= 4 is 11.9 Å². The van der Waals surface area contributed by atoms with Crippen LogP contribution in [0.1, 0.15) is 68.5 Å². The maximum atomic E-state index is 13.4. The minimum Gasteiger partial charge on any atom is -0.493 e. The quantitative estimate of drug-likeness (QED) is 0.825. The first-order valence-corrected chi connectivity index (χ1v) is 10.3. The third-order valence-electron chi connectivity index (χ3n) is 6.11. The average molecular weight is 389 g/mol. The molecule has 1 aliphatic heterocycles. The highest BCUT2D eigenvalue weighted by Crippen LogP contribution is 2.40. The molecule has 0 aromatic heterocycles. The van der Waals surface area contributed by atoms with Crippen LogP contribution >= 0.6 is 0 Å². The molecule has 1 saturated carbocycles. The number of nitrogens with zero attached hydrogens (tertiary/aromatic N) is 1. The van der Waals surface area contributed by atoms with E-state index in [1.807, 2.05) is 17.0 Å². The van der Waals surface area contributed by atoms with Gasteiger partial charge in [-0.3, -0.25) is 9.59 Å².